The minimum atomic E-state index is -0.504. The molecule has 2 aromatic carbocycles. The highest BCUT2D eigenvalue weighted by molar-refractivity contribution is 7.99. The molecule has 146 valence electrons. The van der Waals surface area contributed by atoms with Crippen LogP contribution in [0, 0.1) is 6.92 Å². The molecule has 2 aliphatic heterocycles. The van der Waals surface area contributed by atoms with Crippen molar-refractivity contribution in [2.75, 3.05) is 20.0 Å². The van der Waals surface area contributed by atoms with Crippen LogP contribution in [0.3, 0.4) is 0 Å². The lowest BCUT2D eigenvalue weighted by Crippen LogP contribution is -2.45. The van der Waals surface area contributed by atoms with Gasteiger partial charge in [-0.25, -0.2) is 0 Å². The van der Waals surface area contributed by atoms with Gasteiger partial charge in [0.2, 0.25) is 5.91 Å². The molecule has 0 radical (unpaired) electrons. The van der Waals surface area contributed by atoms with E-state index in [4.69, 9.17) is 9.47 Å². The summed E-state index contributed by atoms with van der Waals surface area (Å²) in [6.07, 6.45) is 0. The van der Waals surface area contributed by atoms with E-state index in [-0.39, 0.29) is 17.2 Å². The van der Waals surface area contributed by atoms with E-state index in [1.807, 2.05) is 37.3 Å². The van der Waals surface area contributed by atoms with Gasteiger partial charge in [-0.05, 0) is 18.6 Å². The number of ether oxygens (including phenoxy) is 2. The van der Waals surface area contributed by atoms with Gasteiger partial charge in [0.1, 0.15) is 11.4 Å². The number of methoxy groups -OCH3 is 2. The molecular formula is C21H22N2O4S. The van der Waals surface area contributed by atoms with Crippen LogP contribution in [0.1, 0.15) is 32.4 Å². The maximum atomic E-state index is 13.1. The summed E-state index contributed by atoms with van der Waals surface area (Å²) in [5, 5.41) is 2.80. The second-order valence-electron chi connectivity index (χ2n) is 6.88. The molecule has 2 aliphatic rings. The van der Waals surface area contributed by atoms with Gasteiger partial charge >= 0.3 is 0 Å². The lowest BCUT2D eigenvalue weighted by Gasteiger charge is -2.22. The van der Waals surface area contributed by atoms with Crippen molar-refractivity contribution in [2.45, 2.75) is 24.9 Å². The summed E-state index contributed by atoms with van der Waals surface area (Å²) in [7, 11) is 3.06. The van der Waals surface area contributed by atoms with Crippen LogP contribution in [0.5, 0.6) is 11.5 Å². The second-order valence-corrected chi connectivity index (χ2v) is 8.00. The fourth-order valence-corrected chi connectivity index (χ4v) is 5.16. The molecule has 1 N–H and O–H groups in total. The van der Waals surface area contributed by atoms with Gasteiger partial charge in [-0.2, -0.15) is 0 Å². The lowest BCUT2D eigenvalue weighted by molar-refractivity contribution is -0.124. The van der Waals surface area contributed by atoms with Crippen LogP contribution >= 0.6 is 11.8 Å². The third-order valence-corrected chi connectivity index (χ3v) is 6.49. The van der Waals surface area contributed by atoms with Gasteiger partial charge in [0.15, 0.2) is 11.5 Å². The molecule has 7 heteroatoms. The summed E-state index contributed by atoms with van der Waals surface area (Å²) in [6.45, 7) is 2.47. The van der Waals surface area contributed by atoms with Gasteiger partial charge in [0.25, 0.3) is 5.91 Å². The summed E-state index contributed by atoms with van der Waals surface area (Å²) in [4.78, 5) is 27.6. The SMILES string of the molecule is COc1ccc2c(c1OC)C(=O)N1[C@@H](C(=O)NCc3ccc(C)cc3)CS[C@@H]21. The van der Waals surface area contributed by atoms with Crippen molar-refractivity contribution in [3.8, 4) is 11.5 Å². The molecule has 0 saturated carbocycles. The zero-order chi connectivity index (χ0) is 19.8. The van der Waals surface area contributed by atoms with Gasteiger partial charge in [0, 0.05) is 17.9 Å². The largest absolute Gasteiger partial charge is 0.493 e. The molecule has 1 fully saturated rings. The quantitative estimate of drug-likeness (QED) is 0.839. The number of nitrogens with one attached hydrogen (secondary N) is 1. The Bertz CT molecular complexity index is 929. The average molecular weight is 398 g/mol. The first-order chi connectivity index (χ1) is 13.5. The highest BCUT2D eigenvalue weighted by atomic mass is 32.2. The van der Waals surface area contributed by atoms with E-state index in [0.717, 1.165) is 11.1 Å². The van der Waals surface area contributed by atoms with Crippen LogP contribution in [-0.2, 0) is 11.3 Å². The predicted octanol–water partition coefficient (Wildman–Crippen LogP) is 2.90. The molecule has 0 aromatic heterocycles. The summed E-state index contributed by atoms with van der Waals surface area (Å²) in [5.41, 5.74) is 3.58. The highest BCUT2D eigenvalue weighted by Gasteiger charge is 2.50. The Morgan fingerprint density at radius 2 is 1.93 bits per heavy atom. The Labute approximate surface area is 168 Å². The number of carbonyl (C=O) groups excluding carboxylic acids is 2. The van der Waals surface area contributed by atoms with Gasteiger partial charge < -0.3 is 19.7 Å². The van der Waals surface area contributed by atoms with E-state index in [1.165, 1.54) is 12.7 Å². The molecule has 2 amide bonds. The van der Waals surface area contributed by atoms with E-state index in [9.17, 15) is 9.59 Å². The Kier molecular flexibility index (Phi) is 4.93. The fourth-order valence-electron chi connectivity index (χ4n) is 3.71. The number of fused-ring (bicyclic) bond motifs is 3. The van der Waals surface area contributed by atoms with E-state index >= 15 is 0 Å². The number of carbonyl (C=O) groups is 2. The van der Waals surface area contributed by atoms with Crippen LogP contribution in [0.2, 0.25) is 0 Å². The summed E-state index contributed by atoms with van der Waals surface area (Å²) >= 11 is 1.60. The van der Waals surface area contributed by atoms with Crippen LogP contribution < -0.4 is 14.8 Å². The van der Waals surface area contributed by atoms with Crippen molar-refractivity contribution in [1.29, 1.82) is 0 Å². The first-order valence-corrected chi connectivity index (χ1v) is 10.1. The zero-order valence-corrected chi connectivity index (χ0v) is 16.8. The van der Waals surface area contributed by atoms with Crippen LogP contribution in [0.4, 0.5) is 0 Å². The number of aryl methyl sites for hydroxylation is 1. The van der Waals surface area contributed by atoms with Gasteiger partial charge in [-0.3, -0.25) is 9.59 Å². The normalized spacial score (nSPS) is 20.0. The molecule has 2 atom stereocenters. The third-order valence-electron chi connectivity index (χ3n) is 5.18. The molecule has 0 aliphatic carbocycles. The molecule has 1 saturated heterocycles. The van der Waals surface area contributed by atoms with Crippen molar-refractivity contribution in [3.63, 3.8) is 0 Å². The molecular weight excluding hydrogens is 376 g/mol. The van der Waals surface area contributed by atoms with E-state index in [0.29, 0.717) is 29.4 Å². The maximum absolute atomic E-state index is 13.1. The first-order valence-electron chi connectivity index (χ1n) is 9.07. The Balaban J connectivity index is 1.54. The number of amides is 2. The Hall–Kier alpha value is -2.67. The number of rotatable bonds is 5. The predicted molar refractivity (Wildman–Crippen MR) is 108 cm³/mol. The topological polar surface area (TPSA) is 67.9 Å². The van der Waals surface area contributed by atoms with Crippen molar-refractivity contribution < 1.29 is 19.1 Å². The summed E-state index contributed by atoms with van der Waals surface area (Å²) < 4.78 is 10.8. The van der Waals surface area contributed by atoms with Gasteiger partial charge in [-0.15, -0.1) is 11.8 Å². The number of hydrogen-bond acceptors (Lipinski definition) is 5. The van der Waals surface area contributed by atoms with Crippen LogP contribution in [-0.4, -0.2) is 42.7 Å². The molecule has 2 aromatic rings. The van der Waals surface area contributed by atoms with Crippen molar-refractivity contribution in [1.82, 2.24) is 10.2 Å². The average Bonchev–Trinajstić information content (AvgIpc) is 3.26. The van der Waals surface area contributed by atoms with Crippen LogP contribution in [0.15, 0.2) is 36.4 Å². The van der Waals surface area contributed by atoms with E-state index < -0.39 is 6.04 Å². The summed E-state index contributed by atoms with van der Waals surface area (Å²) in [5.74, 6) is 1.20. The molecule has 4 rings (SSSR count). The number of nitrogens with zero attached hydrogens (tertiary/aromatic N) is 1. The Morgan fingerprint density at radius 3 is 2.61 bits per heavy atom. The Morgan fingerprint density at radius 1 is 1.18 bits per heavy atom. The zero-order valence-electron chi connectivity index (χ0n) is 16.0. The van der Waals surface area contributed by atoms with Crippen molar-refractivity contribution in [2.24, 2.45) is 0 Å². The second kappa shape index (κ2) is 7.39. The summed E-state index contributed by atoms with van der Waals surface area (Å²) in [6, 6.07) is 11.2. The lowest BCUT2D eigenvalue weighted by atomic mass is 10.1. The van der Waals surface area contributed by atoms with E-state index in [2.05, 4.69) is 5.32 Å². The van der Waals surface area contributed by atoms with Crippen LogP contribution in [0.25, 0.3) is 0 Å². The number of benzene rings is 2. The molecule has 6 nitrogen and oxygen atoms in total. The standard InChI is InChI=1S/C21H22N2O4S/c1-12-4-6-13(7-5-12)10-22-19(24)15-11-28-21-14-8-9-16(26-2)18(27-3)17(14)20(25)23(15)21/h4-9,15,21H,10-11H2,1-3H3,(H,22,24)/t15-,21+/m1/s1. The molecule has 0 spiro atoms. The minimum absolute atomic E-state index is 0.136. The minimum Gasteiger partial charge on any atom is -0.493 e. The first kappa shape index (κ1) is 18.7. The molecule has 28 heavy (non-hydrogen) atoms. The highest BCUT2D eigenvalue weighted by Crippen LogP contribution is 2.52. The van der Waals surface area contributed by atoms with Crippen molar-refractivity contribution in [3.05, 3.63) is 58.7 Å². The molecule has 0 bridgehead atoms. The fraction of sp³-hybridized carbons (Fsp3) is 0.333. The number of hydrogen-bond donors (Lipinski definition) is 1. The molecule has 2 heterocycles. The van der Waals surface area contributed by atoms with Gasteiger partial charge in [0.05, 0.1) is 19.8 Å². The molecule has 0 unspecified atom stereocenters. The number of thioether (sulfide) groups is 1. The smallest absolute Gasteiger partial charge is 0.260 e. The third kappa shape index (κ3) is 2.99. The monoisotopic (exact) mass is 398 g/mol. The van der Waals surface area contributed by atoms with E-state index in [1.54, 1.807) is 29.8 Å². The van der Waals surface area contributed by atoms with Crippen molar-refractivity contribution >= 4 is 23.6 Å². The maximum Gasteiger partial charge on any atom is 0.260 e. The van der Waals surface area contributed by atoms with Gasteiger partial charge in [-0.1, -0.05) is 35.9 Å².